The topological polar surface area (TPSA) is 41.9 Å². The minimum absolute atomic E-state index is 0.187. The Balaban J connectivity index is 1.88. The lowest BCUT2D eigenvalue weighted by molar-refractivity contribution is -0.0504. The first-order chi connectivity index (χ1) is 9.12. The molecule has 1 aromatic rings. The predicted molar refractivity (Wildman–Crippen MR) is 72.7 cm³/mol. The van der Waals surface area contributed by atoms with Crippen molar-refractivity contribution in [1.82, 2.24) is 4.90 Å². The summed E-state index contributed by atoms with van der Waals surface area (Å²) in [4.78, 5) is 2.31. The van der Waals surface area contributed by atoms with Crippen LogP contribution in [-0.2, 0) is 0 Å². The second-order valence-corrected chi connectivity index (χ2v) is 5.71. The van der Waals surface area contributed by atoms with Gasteiger partial charge in [-0.15, -0.1) is 0 Å². The number of nitrogens with zero attached hydrogens (tertiary/aromatic N) is 1. The molecule has 0 amide bonds. The standard InChI is InChI=1S/C15H21NO3/c1-16-7-5-15(6-8-16)10-13(17)12-9-11(18-2)3-4-14(12)19-15/h3-4,9,13,17H,5-8,10H2,1-2H3/t13-/m0/s1. The van der Waals surface area contributed by atoms with Crippen molar-refractivity contribution in [2.24, 2.45) is 0 Å². The molecule has 2 heterocycles. The number of hydrogen-bond donors (Lipinski definition) is 1. The maximum absolute atomic E-state index is 10.4. The summed E-state index contributed by atoms with van der Waals surface area (Å²) >= 11 is 0. The Hall–Kier alpha value is -1.26. The van der Waals surface area contributed by atoms with Crippen LogP contribution in [0.2, 0.25) is 0 Å². The third-order valence-corrected chi connectivity index (χ3v) is 4.37. The maximum Gasteiger partial charge on any atom is 0.126 e. The second kappa shape index (κ2) is 4.69. The molecule has 1 N–H and O–H groups in total. The molecule has 104 valence electrons. The van der Waals surface area contributed by atoms with Crippen LogP contribution in [0.4, 0.5) is 0 Å². The zero-order valence-corrected chi connectivity index (χ0v) is 11.6. The van der Waals surface area contributed by atoms with Gasteiger partial charge in [-0.3, -0.25) is 0 Å². The van der Waals surface area contributed by atoms with Gasteiger partial charge in [-0.05, 0) is 38.1 Å². The van der Waals surface area contributed by atoms with Crippen molar-refractivity contribution in [1.29, 1.82) is 0 Å². The molecule has 2 aliphatic heterocycles. The first-order valence-corrected chi connectivity index (χ1v) is 6.85. The number of aliphatic hydroxyl groups is 1. The fraction of sp³-hybridized carbons (Fsp3) is 0.600. The summed E-state index contributed by atoms with van der Waals surface area (Å²) in [5.74, 6) is 1.57. The van der Waals surface area contributed by atoms with Crippen molar-refractivity contribution >= 4 is 0 Å². The molecule has 4 heteroatoms. The van der Waals surface area contributed by atoms with Crippen LogP contribution >= 0.6 is 0 Å². The molecule has 4 nitrogen and oxygen atoms in total. The largest absolute Gasteiger partial charge is 0.497 e. The van der Waals surface area contributed by atoms with Crippen LogP contribution in [0.1, 0.15) is 30.9 Å². The Morgan fingerprint density at radius 3 is 2.79 bits per heavy atom. The van der Waals surface area contributed by atoms with E-state index in [0.717, 1.165) is 43.0 Å². The van der Waals surface area contributed by atoms with Gasteiger partial charge in [0, 0.05) is 25.1 Å². The average molecular weight is 263 g/mol. The van der Waals surface area contributed by atoms with Crippen molar-refractivity contribution in [3.8, 4) is 11.5 Å². The fourth-order valence-corrected chi connectivity index (χ4v) is 3.08. The van der Waals surface area contributed by atoms with Crippen LogP contribution in [0.3, 0.4) is 0 Å². The molecule has 1 spiro atoms. The lowest BCUT2D eigenvalue weighted by Crippen LogP contribution is -2.49. The van der Waals surface area contributed by atoms with Crippen molar-refractivity contribution in [2.75, 3.05) is 27.2 Å². The van der Waals surface area contributed by atoms with Gasteiger partial charge in [0.2, 0.25) is 0 Å². The minimum Gasteiger partial charge on any atom is -0.497 e. The van der Waals surface area contributed by atoms with Gasteiger partial charge >= 0.3 is 0 Å². The number of methoxy groups -OCH3 is 1. The normalized spacial score (nSPS) is 25.7. The molecule has 0 bridgehead atoms. The number of ether oxygens (including phenoxy) is 2. The highest BCUT2D eigenvalue weighted by molar-refractivity contribution is 5.43. The Labute approximate surface area is 113 Å². The van der Waals surface area contributed by atoms with Crippen LogP contribution in [-0.4, -0.2) is 42.9 Å². The Kier molecular flexibility index (Phi) is 3.15. The van der Waals surface area contributed by atoms with E-state index in [1.54, 1.807) is 7.11 Å². The van der Waals surface area contributed by atoms with Crippen LogP contribution in [0.15, 0.2) is 18.2 Å². The van der Waals surface area contributed by atoms with Gasteiger partial charge in [0.1, 0.15) is 17.1 Å². The first kappa shape index (κ1) is 12.8. The number of aliphatic hydroxyl groups excluding tert-OH is 1. The van der Waals surface area contributed by atoms with E-state index in [2.05, 4.69) is 11.9 Å². The Bertz CT molecular complexity index is 466. The highest BCUT2D eigenvalue weighted by atomic mass is 16.5. The molecular formula is C15H21NO3. The number of benzene rings is 1. The molecular weight excluding hydrogens is 242 g/mol. The van der Waals surface area contributed by atoms with Gasteiger partial charge in [-0.2, -0.15) is 0 Å². The van der Waals surface area contributed by atoms with E-state index >= 15 is 0 Å². The Morgan fingerprint density at radius 2 is 2.11 bits per heavy atom. The molecule has 1 atom stereocenters. The quantitative estimate of drug-likeness (QED) is 0.841. The fourth-order valence-electron chi connectivity index (χ4n) is 3.08. The molecule has 0 aliphatic carbocycles. The van der Waals surface area contributed by atoms with Crippen LogP contribution in [0.25, 0.3) is 0 Å². The van der Waals surface area contributed by atoms with Crippen LogP contribution in [0, 0.1) is 0 Å². The number of piperidine rings is 1. The molecule has 2 aliphatic rings. The highest BCUT2D eigenvalue weighted by Gasteiger charge is 2.42. The molecule has 0 unspecified atom stereocenters. The number of hydrogen-bond acceptors (Lipinski definition) is 4. The van der Waals surface area contributed by atoms with E-state index in [9.17, 15) is 5.11 Å². The van der Waals surface area contributed by atoms with E-state index < -0.39 is 6.10 Å². The smallest absolute Gasteiger partial charge is 0.126 e. The zero-order valence-electron chi connectivity index (χ0n) is 11.6. The van der Waals surface area contributed by atoms with Crippen molar-refractivity contribution < 1.29 is 14.6 Å². The highest BCUT2D eigenvalue weighted by Crippen LogP contribution is 2.45. The van der Waals surface area contributed by atoms with Gasteiger partial charge in [-0.25, -0.2) is 0 Å². The van der Waals surface area contributed by atoms with E-state index in [1.807, 2.05) is 18.2 Å². The maximum atomic E-state index is 10.4. The molecule has 3 rings (SSSR count). The first-order valence-electron chi connectivity index (χ1n) is 6.85. The van der Waals surface area contributed by atoms with Crippen molar-refractivity contribution in [3.05, 3.63) is 23.8 Å². The lowest BCUT2D eigenvalue weighted by atomic mass is 9.82. The second-order valence-electron chi connectivity index (χ2n) is 5.71. The summed E-state index contributed by atoms with van der Waals surface area (Å²) < 4.78 is 11.4. The Morgan fingerprint density at radius 1 is 1.37 bits per heavy atom. The van der Waals surface area contributed by atoms with Gasteiger partial charge < -0.3 is 19.5 Å². The summed E-state index contributed by atoms with van der Waals surface area (Å²) in [5.41, 5.74) is 0.664. The average Bonchev–Trinajstić information content (AvgIpc) is 2.42. The van der Waals surface area contributed by atoms with Gasteiger partial charge in [0.15, 0.2) is 0 Å². The molecule has 19 heavy (non-hydrogen) atoms. The van der Waals surface area contributed by atoms with E-state index in [4.69, 9.17) is 9.47 Å². The summed E-state index contributed by atoms with van der Waals surface area (Å²) in [6.45, 7) is 2.05. The van der Waals surface area contributed by atoms with E-state index in [-0.39, 0.29) is 5.60 Å². The molecule has 0 saturated carbocycles. The van der Waals surface area contributed by atoms with Crippen LogP contribution < -0.4 is 9.47 Å². The molecule has 0 aromatic heterocycles. The predicted octanol–water partition coefficient (Wildman–Crippen LogP) is 1.98. The minimum atomic E-state index is -0.456. The van der Waals surface area contributed by atoms with Crippen molar-refractivity contribution in [2.45, 2.75) is 31.0 Å². The summed E-state index contributed by atoms with van der Waals surface area (Å²) in [5, 5.41) is 10.4. The van der Waals surface area contributed by atoms with Crippen LogP contribution in [0.5, 0.6) is 11.5 Å². The number of fused-ring (bicyclic) bond motifs is 1. The molecule has 0 radical (unpaired) electrons. The summed E-state index contributed by atoms with van der Waals surface area (Å²) in [6.07, 6.45) is 2.18. The van der Waals surface area contributed by atoms with Crippen molar-refractivity contribution in [3.63, 3.8) is 0 Å². The molecule has 1 fully saturated rings. The van der Waals surface area contributed by atoms with Gasteiger partial charge in [0.25, 0.3) is 0 Å². The summed E-state index contributed by atoms with van der Waals surface area (Å²) in [6, 6.07) is 5.68. The summed E-state index contributed by atoms with van der Waals surface area (Å²) in [7, 11) is 3.77. The SMILES string of the molecule is COc1ccc2c(c1)[C@@H](O)CC1(CCN(C)CC1)O2. The third kappa shape index (κ3) is 2.30. The van der Waals surface area contributed by atoms with Gasteiger partial charge in [-0.1, -0.05) is 0 Å². The van der Waals surface area contributed by atoms with E-state index in [1.165, 1.54) is 0 Å². The lowest BCUT2D eigenvalue weighted by Gasteiger charge is -2.45. The van der Waals surface area contributed by atoms with E-state index in [0.29, 0.717) is 6.42 Å². The third-order valence-electron chi connectivity index (χ3n) is 4.37. The monoisotopic (exact) mass is 263 g/mol. The molecule has 1 saturated heterocycles. The number of likely N-dealkylation sites (tertiary alicyclic amines) is 1. The number of rotatable bonds is 1. The zero-order chi connectivity index (χ0) is 13.5. The molecule has 1 aromatic carbocycles. The van der Waals surface area contributed by atoms with Gasteiger partial charge in [0.05, 0.1) is 13.2 Å².